The lowest BCUT2D eigenvalue weighted by molar-refractivity contribution is 0.281. The number of tetrazole rings is 1. The Morgan fingerprint density at radius 2 is 2.06 bits per heavy atom. The Morgan fingerprint density at radius 3 is 2.69 bits per heavy atom. The van der Waals surface area contributed by atoms with Gasteiger partial charge in [-0.2, -0.15) is 4.80 Å². The Balaban J connectivity index is 1.64. The molecule has 1 aliphatic carbocycles. The van der Waals surface area contributed by atoms with E-state index in [0.29, 0.717) is 0 Å². The summed E-state index contributed by atoms with van der Waals surface area (Å²) in [5, 5.41) is 15.3. The van der Waals surface area contributed by atoms with Gasteiger partial charge < -0.3 is 5.32 Å². The summed E-state index contributed by atoms with van der Waals surface area (Å²) in [6.07, 6.45) is 5.50. The summed E-state index contributed by atoms with van der Waals surface area (Å²) in [5.74, 6) is 2.55. The second-order valence-electron chi connectivity index (χ2n) is 4.95. The van der Waals surface area contributed by atoms with Crippen molar-refractivity contribution in [1.82, 2.24) is 25.5 Å². The Kier molecular flexibility index (Phi) is 3.88. The van der Waals surface area contributed by atoms with Gasteiger partial charge in [-0.1, -0.05) is 19.8 Å². The minimum absolute atomic E-state index is 0.736. The Bertz CT molecular complexity index is 314. The summed E-state index contributed by atoms with van der Waals surface area (Å²) < 4.78 is 0. The van der Waals surface area contributed by atoms with Gasteiger partial charge in [-0.25, -0.2) is 0 Å². The van der Waals surface area contributed by atoms with E-state index < -0.39 is 0 Å². The summed E-state index contributed by atoms with van der Waals surface area (Å²) in [6.45, 7) is 4.18. The number of nitrogens with zero attached hydrogens (tertiary/aromatic N) is 4. The molecule has 1 saturated carbocycles. The molecule has 1 fully saturated rings. The standard InChI is InChI=1S/C11H21N5/c1-9-3-5-10(6-4-9)7-12-8-11-13-15-16(2)14-11/h9-10,12H,3-8H2,1-2H3. The third-order valence-corrected chi connectivity index (χ3v) is 3.40. The van der Waals surface area contributed by atoms with Crippen molar-refractivity contribution in [2.75, 3.05) is 6.54 Å². The highest BCUT2D eigenvalue weighted by molar-refractivity contribution is 4.77. The van der Waals surface area contributed by atoms with Crippen molar-refractivity contribution in [3.8, 4) is 0 Å². The largest absolute Gasteiger partial charge is 0.309 e. The molecule has 0 bridgehead atoms. The first-order valence-electron chi connectivity index (χ1n) is 6.17. The predicted octanol–water partition coefficient (Wildman–Crippen LogP) is 1.13. The lowest BCUT2D eigenvalue weighted by Gasteiger charge is -2.26. The lowest BCUT2D eigenvalue weighted by atomic mass is 9.83. The molecule has 1 N–H and O–H groups in total. The minimum Gasteiger partial charge on any atom is -0.309 e. The zero-order valence-corrected chi connectivity index (χ0v) is 10.2. The highest BCUT2D eigenvalue weighted by atomic mass is 15.6. The van der Waals surface area contributed by atoms with Crippen LogP contribution >= 0.6 is 0 Å². The van der Waals surface area contributed by atoms with Crippen LogP contribution in [0.1, 0.15) is 38.4 Å². The monoisotopic (exact) mass is 223 g/mol. The first-order chi connectivity index (χ1) is 7.74. The molecule has 2 rings (SSSR count). The molecule has 5 heteroatoms. The second kappa shape index (κ2) is 5.39. The van der Waals surface area contributed by atoms with Gasteiger partial charge >= 0.3 is 0 Å². The molecule has 0 radical (unpaired) electrons. The van der Waals surface area contributed by atoms with Gasteiger partial charge in [0.1, 0.15) is 0 Å². The van der Waals surface area contributed by atoms with Crippen molar-refractivity contribution in [2.24, 2.45) is 18.9 Å². The van der Waals surface area contributed by atoms with E-state index in [2.05, 4.69) is 27.7 Å². The highest BCUT2D eigenvalue weighted by Crippen LogP contribution is 2.27. The molecule has 0 aliphatic heterocycles. The van der Waals surface area contributed by atoms with Crippen molar-refractivity contribution < 1.29 is 0 Å². The summed E-state index contributed by atoms with van der Waals surface area (Å²) >= 11 is 0. The van der Waals surface area contributed by atoms with Crippen LogP contribution in [-0.2, 0) is 13.6 Å². The molecule has 5 nitrogen and oxygen atoms in total. The topological polar surface area (TPSA) is 55.6 Å². The quantitative estimate of drug-likeness (QED) is 0.831. The van der Waals surface area contributed by atoms with E-state index in [4.69, 9.17) is 0 Å². The third-order valence-electron chi connectivity index (χ3n) is 3.40. The summed E-state index contributed by atoms with van der Waals surface area (Å²) in [7, 11) is 1.79. The first kappa shape index (κ1) is 11.5. The second-order valence-corrected chi connectivity index (χ2v) is 4.95. The highest BCUT2D eigenvalue weighted by Gasteiger charge is 2.17. The average Bonchev–Trinajstić information content (AvgIpc) is 2.67. The van der Waals surface area contributed by atoms with Gasteiger partial charge in [0.05, 0.1) is 13.6 Å². The zero-order valence-electron chi connectivity index (χ0n) is 10.2. The van der Waals surface area contributed by atoms with Crippen LogP contribution in [-0.4, -0.2) is 26.8 Å². The first-order valence-corrected chi connectivity index (χ1v) is 6.17. The maximum Gasteiger partial charge on any atom is 0.188 e. The molecule has 1 aliphatic rings. The van der Waals surface area contributed by atoms with E-state index in [0.717, 1.165) is 30.7 Å². The maximum absolute atomic E-state index is 4.14. The van der Waals surface area contributed by atoms with E-state index in [9.17, 15) is 0 Å². The van der Waals surface area contributed by atoms with Crippen LogP contribution in [0.25, 0.3) is 0 Å². The average molecular weight is 223 g/mol. The number of nitrogens with one attached hydrogen (secondary N) is 1. The third kappa shape index (κ3) is 3.27. The SMILES string of the molecule is CC1CCC(CNCc2nnn(C)n2)CC1. The molecule has 0 amide bonds. The Hall–Kier alpha value is -0.970. The summed E-state index contributed by atoms with van der Waals surface area (Å²) in [6, 6.07) is 0. The smallest absolute Gasteiger partial charge is 0.188 e. The van der Waals surface area contributed by atoms with Crippen LogP contribution in [0.4, 0.5) is 0 Å². The van der Waals surface area contributed by atoms with Crippen LogP contribution in [0.5, 0.6) is 0 Å². The van der Waals surface area contributed by atoms with Crippen molar-refractivity contribution in [3.05, 3.63) is 5.82 Å². The number of aromatic nitrogens is 4. The zero-order chi connectivity index (χ0) is 11.4. The van der Waals surface area contributed by atoms with Gasteiger partial charge in [0.25, 0.3) is 0 Å². The fourth-order valence-corrected chi connectivity index (χ4v) is 2.32. The number of rotatable bonds is 4. The van der Waals surface area contributed by atoms with Gasteiger partial charge in [0.15, 0.2) is 5.82 Å². The molecule has 90 valence electrons. The van der Waals surface area contributed by atoms with Gasteiger partial charge in [-0.15, -0.1) is 10.2 Å². The molecule has 0 unspecified atom stereocenters. The fourth-order valence-electron chi connectivity index (χ4n) is 2.32. The molecule has 0 spiro atoms. The van der Waals surface area contributed by atoms with Crippen molar-refractivity contribution >= 4 is 0 Å². The van der Waals surface area contributed by atoms with E-state index in [1.165, 1.54) is 30.5 Å². The maximum atomic E-state index is 4.14. The Morgan fingerprint density at radius 1 is 1.31 bits per heavy atom. The van der Waals surface area contributed by atoms with Crippen LogP contribution < -0.4 is 5.32 Å². The molecular formula is C11H21N5. The summed E-state index contributed by atoms with van der Waals surface area (Å²) in [5.41, 5.74) is 0. The van der Waals surface area contributed by atoms with Gasteiger partial charge in [0.2, 0.25) is 0 Å². The molecular weight excluding hydrogens is 202 g/mol. The van der Waals surface area contributed by atoms with Crippen molar-refractivity contribution in [2.45, 2.75) is 39.2 Å². The molecule has 1 heterocycles. The van der Waals surface area contributed by atoms with Crippen LogP contribution in [0.15, 0.2) is 0 Å². The lowest BCUT2D eigenvalue weighted by Crippen LogP contribution is -2.26. The fraction of sp³-hybridized carbons (Fsp3) is 0.909. The number of hydrogen-bond acceptors (Lipinski definition) is 4. The molecule has 0 saturated heterocycles. The normalized spacial score (nSPS) is 25.9. The molecule has 1 aromatic rings. The van der Waals surface area contributed by atoms with Gasteiger partial charge in [-0.05, 0) is 36.4 Å². The molecule has 1 aromatic heterocycles. The van der Waals surface area contributed by atoms with E-state index in [1.54, 1.807) is 7.05 Å². The van der Waals surface area contributed by atoms with E-state index in [1.807, 2.05) is 0 Å². The van der Waals surface area contributed by atoms with Crippen LogP contribution in [0.2, 0.25) is 0 Å². The Labute approximate surface area is 96.6 Å². The molecule has 0 aromatic carbocycles. The number of aryl methyl sites for hydroxylation is 1. The van der Waals surface area contributed by atoms with Gasteiger partial charge in [-0.3, -0.25) is 0 Å². The van der Waals surface area contributed by atoms with Crippen LogP contribution in [0, 0.1) is 11.8 Å². The predicted molar refractivity (Wildman–Crippen MR) is 61.6 cm³/mol. The minimum atomic E-state index is 0.736. The van der Waals surface area contributed by atoms with Crippen molar-refractivity contribution in [1.29, 1.82) is 0 Å². The van der Waals surface area contributed by atoms with E-state index in [-0.39, 0.29) is 0 Å². The van der Waals surface area contributed by atoms with Gasteiger partial charge in [0, 0.05) is 0 Å². The van der Waals surface area contributed by atoms with Crippen molar-refractivity contribution in [3.63, 3.8) is 0 Å². The summed E-state index contributed by atoms with van der Waals surface area (Å²) in [4.78, 5) is 1.50. The van der Waals surface area contributed by atoms with Crippen LogP contribution in [0.3, 0.4) is 0 Å². The number of hydrogen-bond donors (Lipinski definition) is 1. The van der Waals surface area contributed by atoms with E-state index >= 15 is 0 Å². The molecule has 0 atom stereocenters. The molecule has 16 heavy (non-hydrogen) atoms.